The van der Waals surface area contributed by atoms with Crippen LogP contribution in [0.25, 0.3) is 0 Å². The van der Waals surface area contributed by atoms with Crippen LogP contribution < -0.4 is 5.73 Å². The van der Waals surface area contributed by atoms with Gasteiger partial charge in [0.1, 0.15) is 0 Å². The smallest absolute Gasteiger partial charge is 0.0589 e. The monoisotopic (exact) mass is 274 g/mol. The maximum absolute atomic E-state index is 6.06. The first-order valence-corrected chi connectivity index (χ1v) is 7.43. The lowest BCUT2D eigenvalue weighted by Gasteiger charge is -2.41. The van der Waals surface area contributed by atoms with Crippen molar-refractivity contribution in [2.45, 2.75) is 45.6 Å². The lowest BCUT2D eigenvalue weighted by Crippen LogP contribution is -2.53. The summed E-state index contributed by atoms with van der Waals surface area (Å²) in [5.74, 6) is 0.717. The number of ether oxygens (including phenoxy) is 2. The molecule has 0 fully saturated rings. The highest BCUT2D eigenvalue weighted by molar-refractivity contribution is 4.87. The Labute approximate surface area is 119 Å². The van der Waals surface area contributed by atoms with Gasteiger partial charge >= 0.3 is 0 Å². The number of hydrogen-bond acceptors (Lipinski definition) is 4. The zero-order valence-electron chi connectivity index (χ0n) is 13.6. The summed E-state index contributed by atoms with van der Waals surface area (Å²) in [7, 11) is 3.50. The Bertz CT molecular complexity index is 212. The van der Waals surface area contributed by atoms with Crippen molar-refractivity contribution in [2.75, 3.05) is 47.1 Å². The normalized spacial score (nSPS) is 15.2. The Morgan fingerprint density at radius 1 is 1.11 bits per heavy atom. The summed E-state index contributed by atoms with van der Waals surface area (Å²) in [5, 5.41) is 0. The molecule has 0 aliphatic rings. The molecule has 1 atom stereocenters. The third kappa shape index (κ3) is 7.88. The molecule has 1 unspecified atom stereocenters. The van der Waals surface area contributed by atoms with Crippen LogP contribution in [-0.4, -0.2) is 57.5 Å². The minimum atomic E-state index is 0.0660. The van der Waals surface area contributed by atoms with E-state index in [-0.39, 0.29) is 5.54 Å². The van der Waals surface area contributed by atoms with Crippen molar-refractivity contribution in [3.63, 3.8) is 0 Å². The fourth-order valence-corrected chi connectivity index (χ4v) is 2.24. The molecule has 0 radical (unpaired) electrons. The largest absolute Gasteiger partial charge is 0.385 e. The fourth-order valence-electron chi connectivity index (χ4n) is 2.24. The molecule has 0 amide bonds. The molecule has 116 valence electrons. The molecule has 0 rings (SSSR count). The van der Waals surface area contributed by atoms with Gasteiger partial charge in [0.2, 0.25) is 0 Å². The van der Waals surface area contributed by atoms with E-state index >= 15 is 0 Å². The summed E-state index contributed by atoms with van der Waals surface area (Å²) in [6, 6.07) is 0. The van der Waals surface area contributed by atoms with Crippen LogP contribution in [-0.2, 0) is 9.47 Å². The maximum atomic E-state index is 6.06. The molecule has 0 aliphatic heterocycles. The van der Waals surface area contributed by atoms with Gasteiger partial charge in [0.05, 0.1) is 6.61 Å². The third-order valence-corrected chi connectivity index (χ3v) is 3.81. The standard InChI is InChI=1S/C15H34N2O2/c1-14(2)7-8-15(3,13-16)17(10-12-19-5)9-6-11-18-4/h14H,6-13,16H2,1-5H3. The maximum Gasteiger partial charge on any atom is 0.0589 e. The van der Waals surface area contributed by atoms with Gasteiger partial charge in [0.15, 0.2) is 0 Å². The summed E-state index contributed by atoms with van der Waals surface area (Å²) in [5.41, 5.74) is 6.12. The SMILES string of the molecule is COCCCN(CCOC)C(C)(CN)CCC(C)C. The molecule has 0 aromatic carbocycles. The second kappa shape index (κ2) is 10.6. The Kier molecular flexibility index (Phi) is 10.5. The lowest BCUT2D eigenvalue weighted by molar-refractivity contribution is 0.0531. The first kappa shape index (κ1) is 18.8. The Balaban J connectivity index is 4.52. The predicted molar refractivity (Wildman–Crippen MR) is 81.5 cm³/mol. The number of hydrogen-bond donors (Lipinski definition) is 1. The van der Waals surface area contributed by atoms with Gasteiger partial charge in [-0.2, -0.15) is 0 Å². The molecule has 0 aromatic rings. The van der Waals surface area contributed by atoms with Crippen LogP contribution in [0.5, 0.6) is 0 Å². The number of rotatable bonds is 12. The van der Waals surface area contributed by atoms with Crippen molar-refractivity contribution in [3.8, 4) is 0 Å². The lowest BCUT2D eigenvalue weighted by atomic mass is 9.90. The van der Waals surface area contributed by atoms with Gasteiger partial charge < -0.3 is 15.2 Å². The molecule has 0 bridgehead atoms. The molecule has 4 heteroatoms. The van der Waals surface area contributed by atoms with E-state index in [0.717, 1.165) is 39.1 Å². The van der Waals surface area contributed by atoms with Gasteiger partial charge in [-0.3, -0.25) is 4.90 Å². The number of methoxy groups -OCH3 is 2. The van der Waals surface area contributed by atoms with Crippen LogP contribution in [0.3, 0.4) is 0 Å². The van der Waals surface area contributed by atoms with Crippen LogP contribution >= 0.6 is 0 Å². The highest BCUT2D eigenvalue weighted by atomic mass is 16.5. The highest BCUT2D eigenvalue weighted by Gasteiger charge is 2.29. The minimum Gasteiger partial charge on any atom is -0.385 e. The average Bonchev–Trinajstić information content (AvgIpc) is 2.40. The first-order chi connectivity index (χ1) is 9.00. The van der Waals surface area contributed by atoms with E-state index < -0.39 is 0 Å². The van der Waals surface area contributed by atoms with Crippen molar-refractivity contribution < 1.29 is 9.47 Å². The molecule has 0 aliphatic carbocycles. The molecule has 4 nitrogen and oxygen atoms in total. The Morgan fingerprint density at radius 2 is 1.74 bits per heavy atom. The van der Waals surface area contributed by atoms with Gasteiger partial charge in [0, 0.05) is 46.0 Å². The molecule has 0 aromatic heterocycles. The van der Waals surface area contributed by atoms with Crippen molar-refractivity contribution in [2.24, 2.45) is 11.7 Å². The van der Waals surface area contributed by atoms with E-state index in [1.807, 2.05) is 0 Å². The highest BCUT2D eigenvalue weighted by Crippen LogP contribution is 2.23. The fraction of sp³-hybridized carbons (Fsp3) is 1.00. The number of nitrogens with zero attached hydrogens (tertiary/aromatic N) is 1. The van der Waals surface area contributed by atoms with Gasteiger partial charge in [-0.15, -0.1) is 0 Å². The third-order valence-electron chi connectivity index (χ3n) is 3.81. The van der Waals surface area contributed by atoms with Crippen LogP contribution in [0.15, 0.2) is 0 Å². The molecule has 19 heavy (non-hydrogen) atoms. The predicted octanol–water partition coefficient (Wildman–Crippen LogP) is 2.12. The quantitative estimate of drug-likeness (QED) is 0.554. The van der Waals surface area contributed by atoms with E-state index in [2.05, 4.69) is 25.7 Å². The summed E-state index contributed by atoms with van der Waals surface area (Å²) < 4.78 is 10.4. The van der Waals surface area contributed by atoms with E-state index in [9.17, 15) is 0 Å². The van der Waals surface area contributed by atoms with Crippen LogP contribution in [0.4, 0.5) is 0 Å². The molecule has 0 saturated carbocycles. The Hall–Kier alpha value is -0.160. The topological polar surface area (TPSA) is 47.7 Å². The van der Waals surface area contributed by atoms with Gasteiger partial charge in [-0.05, 0) is 32.1 Å². The van der Waals surface area contributed by atoms with Crippen molar-refractivity contribution >= 4 is 0 Å². The van der Waals surface area contributed by atoms with E-state index in [1.54, 1.807) is 14.2 Å². The van der Waals surface area contributed by atoms with E-state index in [1.165, 1.54) is 6.42 Å². The summed E-state index contributed by atoms with van der Waals surface area (Å²) in [6.45, 7) is 11.0. The first-order valence-electron chi connectivity index (χ1n) is 7.43. The van der Waals surface area contributed by atoms with Crippen molar-refractivity contribution in [1.82, 2.24) is 4.90 Å². The zero-order valence-corrected chi connectivity index (χ0v) is 13.6. The van der Waals surface area contributed by atoms with E-state index in [4.69, 9.17) is 15.2 Å². The molecule has 0 heterocycles. The molecule has 0 saturated heterocycles. The van der Waals surface area contributed by atoms with Gasteiger partial charge in [0.25, 0.3) is 0 Å². The van der Waals surface area contributed by atoms with E-state index in [0.29, 0.717) is 12.5 Å². The molecular formula is C15H34N2O2. The zero-order chi connectivity index (χ0) is 14.7. The summed E-state index contributed by atoms with van der Waals surface area (Å²) >= 11 is 0. The summed E-state index contributed by atoms with van der Waals surface area (Å²) in [4.78, 5) is 2.47. The second-order valence-electron chi connectivity index (χ2n) is 5.96. The van der Waals surface area contributed by atoms with Crippen LogP contribution in [0, 0.1) is 5.92 Å². The van der Waals surface area contributed by atoms with Crippen LogP contribution in [0.2, 0.25) is 0 Å². The summed E-state index contributed by atoms with van der Waals surface area (Å²) in [6.07, 6.45) is 3.39. The van der Waals surface area contributed by atoms with Crippen LogP contribution in [0.1, 0.15) is 40.0 Å². The molecular weight excluding hydrogens is 240 g/mol. The Morgan fingerprint density at radius 3 is 2.21 bits per heavy atom. The molecule has 2 N–H and O–H groups in total. The average molecular weight is 274 g/mol. The van der Waals surface area contributed by atoms with Crippen molar-refractivity contribution in [3.05, 3.63) is 0 Å². The van der Waals surface area contributed by atoms with Gasteiger partial charge in [-0.1, -0.05) is 13.8 Å². The second-order valence-corrected chi connectivity index (χ2v) is 5.96. The minimum absolute atomic E-state index is 0.0660. The molecule has 0 spiro atoms. The number of nitrogens with two attached hydrogens (primary N) is 1. The van der Waals surface area contributed by atoms with Gasteiger partial charge in [-0.25, -0.2) is 0 Å². The van der Waals surface area contributed by atoms with Crippen molar-refractivity contribution in [1.29, 1.82) is 0 Å².